The lowest BCUT2D eigenvalue weighted by atomic mass is 10.1. The molecule has 2 N–H and O–H groups in total. The van der Waals surface area contributed by atoms with E-state index in [0.717, 1.165) is 4.90 Å². The van der Waals surface area contributed by atoms with Crippen molar-refractivity contribution in [2.75, 3.05) is 18.1 Å². The number of carbonyl (C=O) groups excluding carboxylic acids is 2. The van der Waals surface area contributed by atoms with Gasteiger partial charge in [-0.3, -0.25) is 19.3 Å². The minimum Gasteiger partial charge on any atom is -0.311 e. The van der Waals surface area contributed by atoms with Crippen molar-refractivity contribution in [3.05, 3.63) is 69.2 Å². The summed E-state index contributed by atoms with van der Waals surface area (Å²) in [5.41, 5.74) is 1.32. The number of H-pyrrole nitrogens is 1. The van der Waals surface area contributed by atoms with E-state index in [4.69, 9.17) is 11.6 Å². The number of aromatic nitrogens is 2. The van der Waals surface area contributed by atoms with Gasteiger partial charge in [0.1, 0.15) is 6.54 Å². The quantitative estimate of drug-likeness (QED) is 0.633. The Kier molecular flexibility index (Phi) is 4.70. The third-order valence-electron chi connectivity index (χ3n) is 4.89. The van der Waals surface area contributed by atoms with Crippen molar-refractivity contribution in [1.29, 1.82) is 0 Å². The molecule has 28 heavy (non-hydrogen) atoms. The molecule has 1 unspecified atom stereocenters. The van der Waals surface area contributed by atoms with Crippen LogP contribution in [0.1, 0.15) is 23.1 Å². The fourth-order valence-electron chi connectivity index (χ4n) is 3.40. The van der Waals surface area contributed by atoms with Crippen LogP contribution in [-0.2, 0) is 11.3 Å². The fraction of sp³-hybridized carbons (Fsp3) is 0.200. The number of amides is 1. The highest BCUT2D eigenvalue weighted by Gasteiger charge is 2.37. The predicted molar refractivity (Wildman–Crippen MR) is 106 cm³/mol. The van der Waals surface area contributed by atoms with Gasteiger partial charge in [-0.1, -0.05) is 23.7 Å². The summed E-state index contributed by atoms with van der Waals surface area (Å²) in [5, 5.41) is 0.954. The summed E-state index contributed by atoms with van der Waals surface area (Å²) in [6.45, 7) is 3.35. The van der Waals surface area contributed by atoms with Crippen molar-refractivity contribution in [3.63, 3.8) is 0 Å². The Balaban J connectivity index is 1.60. The molecule has 0 spiro atoms. The van der Waals surface area contributed by atoms with E-state index >= 15 is 0 Å². The van der Waals surface area contributed by atoms with Crippen LogP contribution in [0.3, 0.4) is 0 Å². The molecule has 1 aliphatic rings. The number of para-hydroxylation sites is 1. The molecule has 142 valence electrons. The smallest absolute Gasteiger partial charge is 0.303 e. The fourth-order valence-corrected chi connectivity index (χ4v) is 3.57. The summed E-state index contributed by atoms with van der Waals surface area (Å²) >= 11 is 5.96. The molecule has 3 aromatic rings. The highest BCUT2D eigenvalue weighted by atomic mass is 35.5. The van der Waals surface area contributed by atoms with Gasteiger partial charge in [-0.15, -0.1) is 0 Å². The number of quaternary nitrogens is 1. The summed E-state index contributed by atoms with van der Waals surface area (Å²) in [6, 6.07) is 12.0. The first-order chi connectivity index (χ1) is 13.5. The minimum atomic E-state index is -0.566. The van der Waals surface area contributed by atoms with Crippen LogP contribution in [0.5, 0.6) is 0 Å². The number of hydrogen-bond donors (Lipinski definition) is 2. The van der Waals surface area contributed by atoms with Gasteiger partial charge in [-0.2, -0.15) is 0 Å². The third kappa shape index (κ3) is 3.19. The molecule has 1 amide bonds. The van der Waals surface area contributed by atoms with Crippen molar-refractivity contribution in [2.45, 2.75) is 13.5 Å². The number of fused-ring (bicyclic) bond motifs is 2. The number of Topliss-reactive ketones (excluding diaryl/α,β-unsaturated/α-hetero) is 1. The molecule has 7 nitrogen and oxygen atoms in total. The Morgan fingerprint density at radius 2 is 1.93 bits per heavy atom. The zero-order chi connectivity index (χ0) is 19.8. The first kappa shape index (κ1) is 18.3. The van der Waals surface area contributed by atoms with E-state index in [9.17, 15) is 14.4 Å². The van der Waals surface area contributed by atoms with Gasteiger partial charge >= 0.3 is 5.91 Å². The molecule has 2 aromatic carbocycles. The molecule has 8 heteroatoms. The average molecular weight is 398 g/mol. The molecule has 4 rings (SSSR count). The minimum absolute atomic E-state index is 0.191. The number of nitrogens with one attached hydrogen (secondary N) is 2. The lowest BCUT2D eigenvalue weighted by Crippen LogP contribution is -3.12. The van der Waals surface area contributed by atoms with E-state index in [1.54, 1.807) is 30.3 Å². The lowest BCUT2D eigenvalue weighted by molar-refractivity contribution is -0.911. The van der Waals surface area contributed by atoms with E-state index in [1.165, 1.54) is 11.0 Å². The van der Waals surface area contributed by atoms with Gasteiger partial charge in [0.25, 0.3) is 11.3 Å². The molecule has 0 radical (unpaired) electrons. The van der Waals surface area contributed by atoms with Crippen LogP contribution in [0.4, 0.5) is 5.69 Å². The number of hydrogen-bond acceptors (Lipinski definition) is 4. The Bertz CT molecular complexity index is 1160. The molecule has 0 saturated heterocycles. The molecule has 1 aliphatic heterocycles. The van der Waals surface area contributed by atoms with Crippen LogP contribution in [-0.4, -0.2) is 34.9 Å². The first-order valence-electron chi connectivity index (χ1n) is 8.95. The number of aromatic amines is 1. The highest BCUT2D eigenvalue weighted by Crippen LogP contribution is 2.30. The second-order valence-electron chi connectivity index (χ2n) is 6.69. The second-order valence-corrected chi connectivity index (χ2v) is 7.13. The maximum atomic E-state index is 12.5. The topological polar surface area (TPSA) is 87.6 Å². The summed E-state index contributed by atoms with van der Waals surface area (Å²) in [4.78, 5) is 46.8. The van der Waals surface area contributed by atoms with Gasteiger partial charge in [-0.25, -0.2) is 4.98 Å². The molecular formula is C20H18ClN4O3+. The van der Waals surface area contributed by atoms with Crippen LogP contribution in [0, 0.1) is 0 Å². The number of anilines is 1. The van der Waals surface area contributed by atoms with E-state index in [1.807, 2.05) is 13.0 Å². The van der Waals surface area contributed by atoms with Gasteiger partial charge in [-0.05, 0) is 37.3 Å². The monoisotopic (exact) mass is 397 g/mol. The SMILES string of the molecule is CC[NH+](Cc1nc2ccccc2c(=O)[nH]1)CN1C(=O)C(=O)c2cc(Cl)ccc21. The molecule has 0 bridgehead atoms. The van der Waals surface area contributed by atoms with Crippen molar-refractivity contribution in [3.8, 4) is 0 Å². The zero-order valence-electron chi connectivity index (χ0n) is 15.2. The Labute approximate surface area is 165 Å². The summed E-state index contributed by atoms with van der Waals surface area (Å²) < 4.78 is 0. The molecule has 2 heterocycles. The largest absolute Gasteiger partial charge is 0.311 e. The lowest BCUT2D eigenvalue weighted by Gasteiger charge is -2.23. The van der Waals surface area contributed by atoms with E-state index in [-0.39, 0.29) is 12.2 Å². The van der Waals surface area contributed by atoms with Crippen molar-refractivity contribution in [1.82, 2.24) is 9.97 Å². The molecule has 1 aromatic heterocycles. The highest BCUT2D eigenvalue weighted by molar-refractivity contribution is 6.52. The number of rotatable bonds is 5. The van der Waals surface area contributed by atoms with Gasteiger partial charge < -0.3 is 9.88 Å². The van der Waals surface area contributed by atoms with Gasteiger partial charge in [0.05, 0.1) is 28.7 Å². The molecule has 0 saturated carbocycles. The summed E-state index contributed by atoms with van der Waals surface area (Å²) in [6.07, 6.45) is 0. The standard InChI is InChI=1S/C20H17ClN4O3/c1-2-24(10-17-22-15-6-4-3-5-13(15)19(27)23-17)11-25-16-8-7-12(21)9-14(16)18(26)20(25)28/h3-9H,2,10-11H2,1H3,(H,22,23,27)/p+1. The number of carbonyl (C=O) groups is 2. The maximum absolute atomic E-state index is 12.5. The molecular weight excluding hydrogens is 380 g/mol. The molecule has 1 atom stereocenters. The van der Waals surface area contributed by atoms with Crippen LogP contribution < -0.4 is 15.4 Å². The Hall–Kier alpha value is -3.03. The third-order valence-corrected chi connectivity index (χ3v) is 5.13. The van der Waals surface area contributed by atoms with Crippen LogP contribution in [0.25, 0.3) is 10.9 Å². The maximum Gasteiger partial charge on any atom is 0.303 e. The van der Waals surface area contributed by atoms with Crippen LogP contribution in [0.2, 0.25) is 5.02 Å². The second kappa shape index (κ2) is 7.18. The first-order valence-corrected chi connectivity index (χ1v) is 9.33. The molecule has 0 aliphatic carbocycles. The average Bonchev–Trinajstić information content (AvgIpc) is 2.92. The van der Waals surface area contributed by atoms with Crippen LogP contribution in [0.15, 0.2) is 47.3 Å². The number of ketones is 1. The normalized spacial score (nSPS) is 14.6. The predicted octanol–water partition coefficient (Wildman–Crippen LogP) is 1.17. The number of halogens is 1. The zero-order valence-corrected chi connectivity index (χ0v) is 15.9. The Morgan fingerprint density at radius 3 is 2.71 bits per heavy atom. The summed E-state index contributed by atoms with van der Waals surface area (Å²) in [7, 11) is 0. The summed E-state index contributed by atoms with van der Waals surface area (Å²) in [5.74, 6) is -0.580. The van der Waals surface area contributed by atoms with Gasteiger partial charge in [0.2, 0.25) is 0 Å². The van der Waals surface area contributed by atoms with Crippen LogP contribution >= 0.6 is 11.6 Å². The van der Waals surface area contributed by atoms with Crippen molar-refractivity contribution in [2.24, 2.45) is 0 Å². The van der Waals surface area contributed by atoms with E-state index < -0.39 is 11.7 Å². The van der Waals surface area contributed by atoms with Crippen molar-refractivity contribution >= 4 is 39.9 Å². The van der Waals surface area contributed by atoms with Crippen molar-refractivity contribution < 1.29 is 14.5 Å². The van der Waals surface area contributed by atoms with E-state index in [2.05, 4.69) is 9.97 Å². The molecule has 0 fully saturated rings. The number of nitrogens with zero attached hydrogens (tertiary/aromatic N) is 2. The van der Waals surface area contributed by atoms with E-state index in [0.29, 0.717) is 46.1 Å². The Morgan fingerprint density at radius 1 is 1.14 bits per heavy atom. The number of benzene rings is 2. The van der Waals surface area contributed by atoms with Gasteiger partial charge in [0, 0.05) is 5.02 Å². The van der Waals surface area contributed by atoms with Gasteiger partial charge in [0.15, 0.2) is 12.5 Å².